The van der Waals surface area contributed by atoms with Gasteiger partial charge in [-0.25, -0.2) is 4.79 Å². The molecule has 3 aliphatic rings. The van der Waals surface area contributed by atoms with E-state index >= 15 is 0 Å². The van der Waals surface area contributed by atoms with Crippen molar-refractivity contribution in [2.75, 3.05) is 6.61 Å². The zero-order valence-electron chi connectivity index (χ0n) is 19.9. The van der Waals surface area contributed by atoms with Crippen molar-refractivity contribution >= 4 is 17.4 Å². The second-order valence-electron chi connectivity index (χ2n) is 9.76. The number of thiophene rings is 1. The van der Waals surface area contributed by atoms with Crippen molar-refractivity contribution in [2.24, 2.45) is 0 Å². The van der Waals surface area contributed by atoms with E-state index in [0.717, 1.165) is 42.7 Å². The first-order valence-corrected chi connectivity index (χ1v) is 13.7. The van der Waals surface area contributed by atoms with Crippen LogP contribution in [-0.2, 0) is 19.4 Å². The van der Waals surface area contributed by atoms with Gasteiger partial charge in [-0.05, 0) is 80.8 Å². The van der Waals surface area contributed by atoms with Crippen LogP contribution in [0.4, 0.5) is 4.79 Å². The molecule has 0 spiro atoms. The SMILES string of the molecule is CCOc1cccc([C@H]2c3cccn3-c3sc4c(c3CN2C(=O)NC2CCCC2)CCCC4)c1. The number of nitrogens with zero attached hydrogens (tertiary/aromatic N) is 2. The van der Waals surface area contributed by atoms with Crippen molar-refractivity contribution in [3.05, 3.63) is 69.9 Å². The van der Waals surface area contributed by atoms with Crippen LogP contribution in [0.15, 0.2) is 42.6 Å². The lowest BCUT2D eigenvalue weighted by atomic mass is 9.95. The molecule has 2 amide bonds. The van der Waals surface area contributed by atoms with E-state index in [-0.39, 0.29) is 18.1 Å². The summed E-state index contributed by atoms with van der Waals surface area (Å²) in [7, 11) is 0. The van der Waals surface area contributed by atoms with Gasteiger partial charge in [-0.3, -0.25) is 0 Å². The summed E-state index contributed by atoms with van der Waals surface area (Å²) >= 11 is 1.93. The maximum atomic E-state index is 13.9. The lowest BCUT2D eigenvalue weighted by molar-refractivity contribution is 0.176. The number of amides is 2. The van der Waals surface area contributed by atoms with Crippen molar-refractivity contribution in [3.63, 3.8) is 0 Å². The molecule has 1 saturated carbocycles. The number of carbonyl (C=O) groups is 1. The first kappa shape index (κ1) is 21.8. The molecule has 2 aliphatic carbocycles. The minimum absolute atomic E-state index is 0.0510. The normalized spacial score (nSPS) is 19.8. The smallest absolute Gasteiger partial charge is 0.318 e. The summed E-state index contributed by atoms with van der Waals surface area (Å²) in [4.78, 5) is 17.5. The van der Waals surface area contributed by atoms with Crippen LogP contribution < -0.4 is 10.1 Å². The molecule has 3 heterocycles. The minimum atomic E-state index is -0.171. The predicted molar refractivity (Wildman–Crippen MR) is 136 cm³/mol. The number of rotatable bonds is 4. The lowest BCUT2D eigenvalue weighted by Gasteiger charge is -2.32. The Morgan fingerprint density at radius 1 is 1.09 bits per heavy atom. The van der Waals surface area contributed by atoms with E-state index in [0.29, 0.717) is 13.2 Å². The zero-order chi connectivity index (χ0) is 23.1. The second-order valence-corrected chi connectivity index (χ2v) is 10.8. The summed E-state index contributed by atoms with van der Waals surface area (Å²) in [5, 5.41) is 4.69. The Kier molecular flexibility index (Phi) is 5.85. The first-order chi connectivity index (χ1) is 16.7. The number of aryl methyl sites for hydroxylation is 1. The molecule has 6 heteroatoms. The summed E-state index contributed by atoms with van der Waals surface area (Å²) < 4.78 is 8.19. The maximum absolute atomic E-state index is 13.9. The third-order valence-corrected chi connectivity index (χ3v) is 8.94. The molecule has 0 unspecified atom stereocenters. The van der Waals surface area contributed by atoms with Gasteiger partial charge in [0, 0.05) is 22.7 Å². The molecule has 34 heavy (non-hydrogen) atoms. The molecule has 1 fully saturated rings. The van der Waals surface area contributed by atoms with Gasteiger partial charge in [0.15, 0.2) is 0 Å². The summed E-state index contributed by atoms with van der Waals surface area (Å²) in [5.74, 6) is 0.852. The molecule has 3 aromatic rings. The van der Waals surface area contributed by atoms with Gasteiger partial charge < -0.3 is 19.5 Å². The Balaban J connectivity index is 1.48. The summed E-state index contributed by atoms with van der Waals surface area (Å²) in [6.07, 6.45) is 11.5. The minimum Gasteiger partial charge on any atom is -0.494 e. The third-order valence-electron chi connectivity index (χ3n) is 7.61. The maximum Gasteiger partial charge on any atom is 0.318 e. The number of carbonyl (C=O) groups excluding carboxylic acids is 1. The van der Waals surface area contributed by atoms with Crippen LogP contribution in [0.2, 0.25) is 0 Å². The molecule has 178 valence electrons. The topological polar surface area (TPSA) is 46.5 Å². The fourth-order valence-electron chi connectivity index (χ4n) is 6.01. The second kappa shape index (κ2) is 9.14. The Labute approximate surface area is 205 Å². The van der Waals surface area contributed by atoms with Gasteiger partial charge >= 0.3 is 6.03 Å². The Morgan fingerprint density at radius 2 is 1.94 bits per heavy atom. The van der Waals surface area contributed by atoms with E-state index in [4.69, 9.17) is 4.74 Å². The molecule has 1 aliphatic heterocycles. The molecule has 1 atom stereocenters. The molecule has 2 aromatic heterocycles. The Bertz CT molecular complexity index is 1190. The van der Waals surface area contributed by atoms with Gasteiger partial charge in [-0.15, -0.1) is 11.3 Å². The Morgan fingerprint density at radius 3 is 2.79 bits per heavy atom. The van der Waals surface area contributed by atoms with Crippen LogP contribution in [0.1, 0.15) is 78.8 Å². The van der Waals surface area contributed by atoms with Crippen molar-refractivity contribution in [3.8, 4) is 10.8 Å². The van der Waals surface area contributed by atoms with Crippen LogP contribution in [0.5, 0.6) is 5.75 Å². The number of hydrogen-bond donors (Lipinski definition) is 1. The number of benzene rings is 1. The fraction of sp³-hybridized carbons (Fsp3) is 0.464. The van der Waals surface area contributed by atoms with Gasteiger partial charge in [0.25, 0.3) is 0 Å². The van der Waals surface area contributed by atoms with E-state index in [9.17, 15) is 4.79 Å². The van der Waals surface area contributed by atoms with Gasteiger partial charge in [-0.2, -0.15) is 0 Å². The van der Waals surface area contributed by atoms with Gasteiger partial charge in [-0.1, -0.05) is 25.0 Å². The highest BCUT2D eigenvalue weighted by Crippen LogP contribution is 2.44. The number of fused-ring (bicyclic) bond motifs is 5. The van der Waals surface area contributed by atoms with E-state index in [1.165, 1.54) is 46.7 Å². The molecule has 0 saturated heterocycles. The molecule has 0 bridgehead atoms. The van der Waals surface area contributed by atoms with Crippen molar-refractivity contribution < 1.29 is 9.53 Å². The molecular formula is C28H33N3O2S. The molecule has 6 rings (SSSR count). The molecular weight excluding hydrogens is 442 g/mol. The summed E-state index contributed by atoms with van der Waals surface area (Å²) in [5.41, 5.74) is 5.08. The molecule has 5 nitrogen and oxygen atoms in total. The van der Waals surface area contributed by atoms with E-state index < -0.39 is 0 Å². The highest BCUT2D eigenvalue weighted by atomic mass is 32.1. The average Bonchev–Trinajstić information content (AvgIpc) is 3.59. The number of urea groups is 1. The number of ether oxygens (including phenoxy) is 1. The average molecular weight is 476 g/mol. The van der Waals surface area contributed by atoms with E-state index in [1.54, 1.807) is 0 Å². The van der Waals surface area contributed by atoms with Gasteiger partial charge in [0.2, 0.25) is 0 Å². The van der Waals surface area contributed by atoms with Crippen LogP contribution in [-0.4, -0.2) is 28.1 Å². The number of hydrogen-bond acceptors (Lipinski definition) is 3. The van der Waals surface area contributed by atoms with Crippen molar-refractivity contribution in [2.45, 2.75) is 76.9 Å². The Hall–Kier alpha value is -2.73. The highest BCUT2D eigenvalue weighted by Gasteiger charge is 2.37. The molecule has 1 aromatic carbocycles. The van der Waals surface area contributed by atoms with Crippen LogP contribution >= 0.6 is 11.3 Å². The van der Waals surface area contributed by atoms with Crippen LogP contribution in [0.3, 0.4) is 0 Å². The summed E-state index contributed by atoms with van der Waals surface area (Å²) in [6.45, 7) is 3.27. The molecule has 1 N–H and O–H groups in total. The van der Waals surface area contributed by atoms with Gasteiger partial charge in [0.05, 0.1) is 24.9 Å². The predicted octanol–water partition coefficient (Wildman–Crippen LogP) is 6.37. The standard InChI is InChI=1S/C28H33N3O2S/c1-2-33-21-12-7-9-19(17-21)26-24-14-8-16-30(24)27-23(22-13-5-6-15-25(22)34-27)18-31(26)28(32)29-20-10-3-4-11-20/h7-9,12,14,16-17,20,26H,2-6,10-11,13,15,18H2,1H3,(H,29,32)/t26-/m0/s1. The van der Waals surface area contributed by atoms with Crippen LogP contribution in [0, 0.1) is 0 Å². The lowest BCUT2D eigenvalue weighted by Crippen LogP contribution is -2.45. The summed E-state index contributed by atoms with van der Waals surface area (Å²) in [6, 6.07) is 12.8. The largest absolute Gasteiger partial charge is 0.494 e. The fourth-order valence-corrected chi connectivity index (χ4v) is 7.41. The van der Waals surface area contributed by atoms with Crippen molar-refractivity contribution in [1.29, 1.82) is 0 Å². The monoisotopic (exact) mass is 475 g/mol. The number of nitrogens with one attached hydrogen (secondary N) is 1. The third kappa shape index (κ3) is 3.82. The van der Waals surface area contributed by atoms with Crippen LogP contribution in [0.25, 0.3) is 5.00 Å². The molecule has 0 radical (unpaired) electrons. The quantitative estimate of drug-likeness (QED) is 0.476. The highest BCUT2D eigenvalue weighted by molar-refractivity contribution is 7.15. The van der Waals surface area contributed by atoms with E-state index in [2.05, 4.69) is 45.2 Å². The number of aromatic nitrogens is 1. The van der Waals surface area contributed by atoms with Crippen molar-refractivity contribution in [1.82, 2.24) is 14.8 Å². The first-order valence-electron chi connectivity index (χ1n) is 12.8. The van der Waals surface area contributed by atoms with E-state index in [1.807, 2.05) is 30.4 Å². The zero-order valence-corrected chi connectivity index (χ0v) is 20.7. The van der Waals surface area contributed by atoms with Gasteiger partial charge in [0.1, 0.15) is 10.8 Å².